The van der Waals surface area contributed by atoms with Crippen molar-refractivity contribution in [1.82, 2.24) is 4.57 Å². The first-order valence-corrected chi connectivity index (χ1v) is 4.81. The number of imidazole rings is 1. The van der Waals surface area contributed by atoms with Crippen molar-refractivity contribution < 1.29 is 28.5 Å². The summed E-state index contributed by atoms with van der Waals surface area (Å²) in [5.74, 6) is 0. The molecule has 82 valence electrons. The van der Waals surface area contributed by atoms with E-state index >= 15 is 0 Å². The van der Waals surface area contributed by atoms with Gasteiger partial charge in [0, 0.05) is 0 Å². The molecule has 0 aromatic carbocycles. The zero-order chi connectivity index (χ0) is 10.3. The Bertz CT molecular complexity index is 260. The Balaban J connectivity index is 0.00000169. The molecule has 1 aromatic heterocycles. The molecule has 0 aliphatic heterocycles. The van der Waals surface area contributed by atoms with Crippen LogP contribution < -0.4 is 28.5 Å². The van der Waals surface area contributed by atoms with Crippen LogP contribution in [0.2, 0.25) is 0 Å². The van der Waals surface area contributed by atoms with Crippen molar-refractivity contribution in [2.45, 2.75) is 52.6 Å². The minimum Gasteiger partial charge on any atom is -1.00 e. The highest BCUT2D eigenvalue weighted by molar-refractivity contribution is 4.79. The minimum absolute atomic E-state index is 0. The van der Waals surface area contributed by atoms with Crippen LogP contribution in [0.5, 0.6) is 0 Å². The van der Waals surface area contributed by atoms with E-state index in [1.807, 2.05) is 0 Å². The second-order valence-corrected chi connectivity index (χ2v) is 5.57. The maximum Gasteiger partial charge on any atom is 0.244 e. The van der Waals surface area contributed by atoms with Gasteiger partial charge in [-0.1, -0.05) is 0 Å². The standard InChI is InChI=1S/C11H21N2.HI/c1-10(2,3)12-7-8-13(9-12)11(4,5)6;/h7-9H,1-6H3;1H/q+1;/p-1. The van der Waals surface area contributed by atoms with Gasteiger partial charge in [-0.05, 0) is 41.5 Å². The Morgan fingerprint density at radius 1 is 1.00 bits per heavy atom. The predicted octanol–water partition coefficient (Wildman–Crippen LogP) is -0.710. The number of halogens is 1. The van der Waals surface area contributed by atoms with Crippen LogP contribution in [-0.2, 0) is 11.1 Å². The summed E-state index contributed by atoms with van der Waals surface area (Å²) >= 11 is 0. The largest absolute Gasteiger partial charge is 1.00 e. The maximum atomic E-state index is 2.23. The van der Waals surface area contributed by atoms with Gasteiger partial charge >= 0.3 is 0 Å². The lowest BCUT2D eigenvalue weighted by Gasteiger charge is -2.16. The lowest BCUT2D eigenvalue weighted by atomic mass is 10.1. The fourth-order valence-electron chi connectivity index (χ4n) is 1.15. The van der Waals surface area contributed by atoms with Gasteiger partial charge in [-0.15, -0.1) is 0 Å². The molecule has 0 saturated heterocycles. The molecule has 2 nitrogen and oxygen atoms in total. The van der Waals surface area contributed by atoms with Gasteiger partial charge in [-0.25, -0.2) is 9.13 Å². The highest BCUT2D eigenvalue weighted by Crippen LogP contribution is 2.13. The number of hydrogen-bond acceptors (Lipinski definition) is 0. The van der Waals surface area contributed by atoms with E-state index in [-0.39, 0.29) is 35.1 Å². The van der Waals surface area contributed by atoms with E-state index in [0.717, 1.165) is 0 Å². The molecule has 0 aliphatic rings. The summed E-state index contributed by atoms with van der Waals surface area (Å²) in [4.78, 5) is 0. The summed E-state index contributed by atoms with van der Waals surface area (Å²) in [6.07, 6.45) is 6.43. The van der Waals surface area contributed by atoms with Crippen LogP contribution in [0.25, 0.3) is 0 Å². The van der Waals surface area contributed by atoms with Crippen LogP contribution in [0.3, 0.4) is 0 Å². The van der Waals surface area contributed by atoms with E-state index < -0.39 is 0 Å². The van der Waals surface area contributed by atoms with E-state index in [1.54, 1.807) is 0 Å². The average molecular weight is 308 g/mol. The normalized spacial score (nSPS) is 12.4. The third-order valence-corrected chi connectivity index (χ3v) is 2.19. The summed E-state index contributed by atoms with van der Waals surface area (Å²) < 4.78 is 4.47. The average Bonchev–Trinajstić information content (AvgIpc) is 2.28. The monoisotopic (exact) mass is 308 g/mol. The molecule has 0 bridgehead atoms. The zero-order valence-corrected chi connectivity index (χ0v) is 12.2. The van der Waals surface area contributed by atoms with Crippen molar-refractivity contribution in [3.8, 4) is 0 Å². The number of rotatable bonds is 0. The Kier molecular flexibility index (Phi) is 4.19. The van der Waals surface area contributed by atoms with Crippen molar-refractivity contribution in [2.24, 2.45) is 0 Å². The summed E-state index contributed by atoms with van der Waals surface area (Å²) in [5.41, 5.74) is 0.354. The second kappa shape index (κ2) is 4.21. The molecule has 1 rings (SSSR count). The first kappa shape index (κ1) is 13.9. The SMILES string of the molecule is CC(C)(C)n1cc[n+](C(C)(C)C)c1.[I-]. The molecule has 0 N–H and O–H groups in total. The van der Waals surface area contributed by atoms with Gasteiger partial charge < -0.3 is 24.0 Å². The maximum absolute atomic E-state index is 2.23. The molecule has 0 saturated carbocycles. The van der Waals surface area contributed by atoms with E-state index in [4.69, 9.17) is 0 Å². The Hall–Kier alpha value is -0.0600. The van der Waals surface area contributed by atoms with Gasteiger partial charge in [0.15, 0.2) is 0 Å². The number of hydrogen-bond donors (Lipinski definition) is 0. The molecule has 1 aromatic rings. The van der Waals surface area contributed by atoms with E-state index in [0.29, 0.717) is 0 Å². The molecule has 0 amide bonds. The molecule has 0 aliphatic carbocycles. The Morgan fingerprint density at radius 3 is 1.71 bits per heavy atom. The van der Waals surface area contributed by atoms with Crippen molar-refractivity contribution in [2.75, 3.05) is 0 Å². The van der Waals surface area contributed by atoms with Gasteiger partial charge in [-0.2, -0.15) is 0 Å². The molecule has 3 heteroatoms. The fraction of sp³-hybridized carbons (Fsp3) is 0.727. The van der Waals surface area contributed by atoms with Crippen molar-refractivity contribution >= 4 is 0 Å². The topological polar surface area (TPSA) is 8.81 Å². The molecule has 14 heavy (non-hydrogen) atoms. The fourth-order valence-corrected chi connectivity index (χ4v) is 1.15. The van der Waals surface area contributed by atoms with Crippen LogP contribution in [0.15, 0.2) is 18.7 Å². The lowest BCUT2D eigenvalue weighted by Crippen LogP contribution is -3.00. The highest BCUT2D eigenvalue weighted by Gasteiger charge is 2.24. The Labute approximate surface area is 104 Å². The molecule has 0 unspecified atom stereocenters. The first-order valence-electron chi connectivity index (χ1n) is 4.81. The van der Waals surface area contributed by atoms with Gasteiger partial charge in [0.05, 0.1) is 0 Å². The van der Waals surface area contributed by atoms with Crippen LogP contribution >= 0.6 is 0 Å². The van der Waals surface area contributed by atoms with Crippen LogP contribution in [0, 0.1) is 0 Å². The molecular formula is C11H21IN2. The molecule has 0 spiro atoms. The predicted molar refractivity (Wildman–Crippen MR) is 54.6 cm³/mol. The smallest absolute Gasteiger partial charge is 0.244 e. The lowest BCUT2D eigenvalue weighted by molar-refractivity contribution is -0.753. The van der Waals surface area contributed by atoms with Gasteiger partial charge in [0.2, 0.25) is 6.33 Å². The van der Waals surface area contributed by atoms with Crippen LogP contribution in [0.1, 0.15) is 41.5 Å². The van der Waals surface area contributed by atoms with Crippen LogP contribution in [0.4, 0.5) is 0 Å². The molecule has 0 atom stereocenters. The number of aromatic nitrogens is 2. The van der Waals surface area contributed by atoms with Crippen molar-refractivity contribution in [3.05, 3.63) is 18.7 Å². The van der Waals surface area contributed by atoms with Gasteiger partial charge in [-0.3, -0.25) is 0 Å². The van der Waals surface area contributed by atoms with Crippen molar-refractivity contribution in [3.63, 3.8) is 0 Å². The van der Waals surface area contributed by atoms with E-state index in [9.17, 15) is 0 Å². The minimum atomic E-state index is 0. The summed E-state index contributed by atoms with van der Waals surface area (Å²) in [7, 11) is 0. The van der Waals surface area contributed by atoms with E-state index in [1.165, 1.54) is 0 Å². The quantitative estimate of drug-likeness (QED) is 0.442. The third kappa shape index (κ3) is 3.26. The molecule has 1 heterocycles. The van der Waals surface area contributed by atoms with Gasteiger partial charge in [0.25, 0.3) is 0 Å². The summed E-state index contributed by atoms with van der Waals surface area (Å²) in [5, 5.41) is 0. The number of nitrogens with zero attached hydrogens (tertiary/aromatic N) is 2. The Morgan fingerprint density at radius 2 is 1.50 bits per heavy atom. The second-order valence-electron chi connectivity index (χ2n) is 5.57. The highest BCUT2D eigenvalue weighted by atomic mass is 127. The molecule has 0 radical (unpaired) electrons. The van der Waals surface area contributed by atoms with Crippen LogP contribution in [-0.4, -0.2) is 4.57 Å². The third-order valence-electron chi connectivity index (χ3n) is 2.19. The summed E-state index contributed by atoms with van der Waals surface area (Å²) in [6, 6.07) is 0. The zero-order valence-electron chi connectivity index (χ0n) is 10.0. The van der Waals surface area contributed by atoms with E-state index in [2.05, 4.69) is 69.4 Å². The molecular weight excluding hydrogens is 287 g/mol. The molecule has 0 fully saturated rings. The van der Waals surface area contributed by atoms with Gasteiger partial charge in [0.1, 0.15) is 23.5 Å². The summed E-state index contributed by atoms with van der Waals surface area (Å²) in [6.45, 7) is 13.3. The first-order chi connectivity index (χ1) is 5.71. The van der Waals surface area contributed by atoms with Crippen molar-refractivity contribution in [1.29, 1.82) is 0 Å².